The first-order valence-corrected chi connectivity index (χ1v) is 8.45. The van der Waals surface area contributed by atoms with Crippen LogP contribution >= 0.6 is 0 Å². The van der Waals surface area contributed by atoms with Gasteiger partial charge in [-0.3, -0.25) is 14.7 Å². The van der Waals surface area contributed by atoms with Crippen LogP contribution in [0, 0.1) is 0 Å². The monoisotopic (exact) mass is 324 g/mol. The fourth-order valence-corrected chi connectivity index (χ4v) is 3.07. The van der Waals surface area contributed by atoms with Gasteiger partial charge in [0.25, 0.3) is 0 Å². The van der Waals surface area contributed by atoms with Gasteiger partial charge in [-0.1, -0.05) is 24.3 Å². The molecule has 3 rings (SSSR count). The summed E-state index contributed by atoms with van der Waals surface area (Å²) in [5.41, 5.74) is 8.99. The standard InChI is InChI=1S/C19H24N4O/c20-18-6-2-1-5-17(18)7-8-19(24)23-12-10-22(11-13-23)15-16-4-3-9-21-14-16/h1-6,9,14H,7-8,10-13,15,20H2. The van der Waals surface area contributed by atoms with Gasteiger partial charge in [0.2, 0.25) is 5.91 Å². The molecule has 1 amide bonds. The van der Waals surface area contributed by atoms with E-state index in [1.165, 1.54) is 5.56 Å². The lowest BCUT2D eigenvalue weighted by atomic mass is 10.1. The summed E-state index contributed by atoms with van der Waals surface area (Å²) in [5, 5.41) is 0. The number of para-hydroxylation sites is 1. The van der Waals surface area contributed by atoms with Gasteiger partial charge in [0.15, 0.2) is 0 Å². The lowest BCUT2D eigenvalue weighted by Crippen LogP contribution is -2.48. The first kappa shape index (κ1) is 16.5. The average molecular weight is 324 g/mol. The molecule has 0 bridgehead atoms. The maximum atomic E-state index is 12.4. The minimum atomic E-state index is 0.222. The smallest absolute Gasteiger partial charge is 0.222 e. The van der Waals surface area contributed by atoms with E-state index in [1.807, 2.05) is 41.4 Å². The van der Waals surface area contributed by atoms with E-state index < -0.39 is 0 Å². The van der Waals surface area contributed by atoms with Crippen molar-refractivity contribution in [1.82, 2.24) is 14.8 Å². The molecule has 2 aromatic rings. The molecule has 0 radical (unpaired) electrons. The van der Waals surface area contributed by atoms with Crippen molar-refractivity contribution in [2.45, 2.75) is 19.4 Å². The van der Waals surface area contributed by atoms with Crippen molar-refractivity contribution in [2.75, 3.05) is 31.9 Å². The summed E-state index contributed by atoms with van der Waals surface area (Å²) in [4.78, 5) is 20.9. The number of pyridine rings is 1. The number of aromatic nitrogens is 1. The van der Waals surface area contributed by atoms with Gasteiger partial charge in [-0.2, -0.15) is 0 Å². The Bertz CT molecular complexity index is 666. The highest BCUT2D eigenvalue weighted by molar-refractivity contribution is 5.76. The molecule has 0 aliphatic carbocycles. The number of hydrogen-bond donors (Lipinski definition) is 1. The van der Waals surface area contributed by atoms with Crippen molar-refractivity contribution >= 4 is 11.6 Å². The highest BCUT2D eigenvalue weighted by atomic mass is 16.2. The average Bonchev–Trinajstić information content (AvgIpc) is 2.62. The van der Waals surface area contributed by atoms with Crippen molar-refractivity contribution in [3.05, 3.63) is 59.9 Å². The first-order valence-electron chi connectivity index (χ1n) is 8.45. The summed E-state index contributed by atoms with van der Waals surface area (Å²) < 4.78 is 0. The predicted octanol–water partition coefficient (Wildman–Crippen LogP) is 1.94. The normalized spacial score (nSPS) is 15.4. The third kappa shape index (κ3) is 4.32. The molecular formula is C19H24N4O. The van der Waals surface area contributed by atoms with Crippen LogP contribution in [0.2, 0.25) is 0 Å². The number of benzene rings is 1. The summed E-state index contributed by atoms with van der Waals surface area (Å²) in [6.07, 6.45) is 4.93. The van der Waals surface area contributed by atoms with Crippen LogP contribution < -0.4 is 5.73 Å². The van der Waals surface area contributed by atoms with E-state index in [0.29, 0.717) is 12.8 Å². The van der Waals surface area contributed by atoms with Gasteiger partial charge < -0.3 is 10.6 Å². The Morgan fingerprint density at radius 3 is 2.58 bits per heavy atom. The minimum Gasteiger partial charge on any atom is -0.399 e. The van der Waals surface area contributed by atoms with E-state index in [9.17, 15) is 4.79 Å². The van der Waals surface area contributed by atoms with Crippen molar-refractivity contribution < 1.29 is 4.79 Å². The van der Waals surface area contributed by atoms with E-state index in [4.69, 9.17) is 5.73 Å². The molecule has 24 heavy (non-hydrogen) atoms. The van der Waals surface area contributed by atoms with E-state index in [0.717, 1.165) is 44.0 Å². The van der Waals surface area contributed by atoms with Crippen LogP contribution in [0.3, 0.4) is 0 Å². The maximum Gasteiger partial charge on any atom is 0.222 e. The Morgan fingerprint density at radius 1 is 1.08 bits per heavy atom. The topological polar surface area (TPSA) is 62.5 Å². The molecular weight excluding hydrogens is 300 g/mol. The van der Waals surface area contributed by atoms with Crippen LogP contribution in [0.5, 0.6) is 0 Å². The Labute approximate surface area is 143 Å². The summed E-state index contributed by atoms with van der Waals surface area (Å²) in [5.74, 6) is 0.222. The zero-order chi connectivity index (χ0) is 16.8. The van der Waals surface area contributed by atoms with Crippen LogP contribution in [0.1, 0.15) is 17.5 Å². The largest absolute Gasteiger partial charge is 0.399 e. The van der Waals surface area contributed by atoms with E-state index >= 15 is 0 Å². The number of piperazine rings is 1. The fourth-order valence-electron chi connectivity index (χ4n) is 3.07. The molecule has 5 nitrogen and oxygen atoms in total. The summed E-state index contributed by atoms with van der Waals surface area (Å²) >= 11 is 0. The van der Waals surface area contributed by atoms with E-state index in [1.54, 1.807) is 6.20 Å². The number of rotatable bonds is 5. The highest BCUT2D eigenvalue weighted by Gasteiger charge is 2.21. The Balaban J connectivity index is 1.44. The maximum absolute atomic E-state index is 12.4. The van der Waals surface area contributed by atoms with Crippen LogP contribution in [-0.2, 0) is 17.8 Å². The van der Waals surface area contributed by atoms with Gasteiger partial charge >= 0.3 is 0 Å². The molecule has 1 aromatic carbocycles. The van der Waals surface area contributed by atoms with Gasteiger partial charge in [-0.15, -0.1) is 0 Å². The van der Waals surface area contributed by atoms with Crippen LogP contribution in [0.15, 0.2) is 48.8 Å². The van der Waals surface area contributed by atoms with Crippen molar-refractivity contribution in [3.8, 4) is 0 Å². The number of nitrogen functional groups attached to an aromatic ring is 1. The third-order valence-corrected chi connectivity index (χ3v) is 4.52. The zero-order valence-corrected chi connectivity index (χ0v) is 13.9. The summed E-state index contributed by atoms with van der Waals surface area (Å²) in [6.45, 7) is 4.31. The van der Waals surface area contributed by atoms with Gasteiger partial charge in [0, 0.05) is 57.2 Å². The second kappa shape index (κ2) is 7.93. The molecule has 5 heteroatoms. The highest BCUT2D eigenvalue weighted by Crippen LogP contribution is 2.14. The molecule has 2 N–H and O–H groups in total. The SMILES string of the molecule is Nc1ccccc1CCC(=O)N1CCN(Cc2cccnc2)CC1. The van der Waals surface area contributed by atoms with E-state index in [-0.39, 0.29) is 5.91 Å². The number of amides is 1. The van der Waals surface area contributed by atoms with Crippen LogP contribution in [0.25, 0.3) is 0 Å². The molecule has 1 aliphatic heterocycles. The van der Waals surface area contributed by atoms with Gasteiger partial charge in [0.05, 0.1) is 0 Å². The molecule has 0 spiro atoms. The number of hydrogen-bond acceptors (Lipinski definition) is 4. The van der Waals surface area contributed by atoms with Gasteiger partial charge in [-0.25, -0.2) is 0 Å². The Hall–Kier alpha value is -2.40. The number of anilines is 1. The second-order valence-electron chi connectivity index (χ2n) is 6.22. The zero-order valence-electron chi connectivity index (χ0n) is 13.9. The predicted molar refractivity (Wildman–Crippen MR) is 95.3 cm³/mol. The summed E-state index contributed by atoms with van der Waals surface area (Å²) in [7, 11) is 0. The lowest BCUT2D eigenvalue weighted by molar-refractivity contribution is -0.132. The van der Waals surface area contributed by atoms with E-state index in [2.05, 4.69) is 16.0 Å². The van der Waals surface area contributed by atoms with Gasteiger partial charge in [0.1, 0.15) is 0 Å². The molecule has 1 aliphatic rings. The molecule has 0 unspecified atom stereocenters. The molecule has 1 saturated heterocycles. The number of aryl methyl sites for hydroxylation is 1. The molecule has 2 heterocycles. The Morgan fingerprint density at radius 2 is 1.88 bits per heavy atom. The van der Waals surface area contributed by atoms with Crippen LogP contribution in [-0.4, -0.2) is 46.9 Å². The van der Waals surface area contributed by atoms with Crippen molar-refractivity contribution in [2.24, 2.45) is 0 Å². The van der Waals surface area contributed by atoms with Gasteiger partial charge in [-0.05, 0) is 29.7 Å². The van der Waals surface area contributed by atoms with Crippen molar-refractivity contribution in [1.29, 1.82) is 0 Å². The number of nitrogens with two attached hydrogens (primary N) is 1. The minimum absolute atomic E-state index is 0.222. The number of carbonyl (C=O) groups is 1. The quantitative estimate of drug-likeness (QED) is 0.854. The lowest BCUT2D eigenvalue weighted by Gasteiger charge is -2.34. The summed E-state index contributed by atoms with van der Waals surface area (Å²) in [6, 6.07) is 11.8. The molecule has 1 aromatic heterocycles. The van der Waals surface area contributed by atoms with Crippen LogP contribution in [0.4, 0.5) is 5.69 Å². The number of carbonyl (C=O) groups excluding carboxylic acids is 1. The third-order valence-electron chi connectivity index (χ3n) is 4.52. The Kier molecular flexibility index (Phi) is 5.43. The molecule has 0 saturated carbocycles. The number of nitrogens with zero attached hydrogens (tertiary/aromatic N) is 3. The fraction of sp³-hybridized carbons (Fsp3) is 0.368. The van der Waals surface area contributed by atoms with Crippen molar-refractivity contribution in [3.63, 3.8) is 0 Å². The molecule has 126 valence electrons. The molecule has 0 atom stereocenters. The second-order valence-corrected chi connectivity index (χ2v) is 6.22. The molecule has 1 fully saturated rings. The first-order chi connectivity index (χ1) is 11.7.